The summed E-state index contributed by atoms with van der Waals surface area (Å²) in [6.45, 7) is 20.5. The van der Waals surface area contributed by atoms with E-state index in [0.29, 0.717) is 0 Å². The highest BCUT2D eigenvalue weighted by Crippen LogP contribution is 2.47. The molecule has 1 fully saturated rings. The molecule has 0 saturated carbocycles. The SMILES string of the molecule is CC1(C)C=C(c2ccc(-c3ccc(C4CC(C)(C)N(Cc5ccccc5)C(C)(C)C4)c(F)c3)cc2)CC(C)(C)N1Cc1ccccc1. The molecule has 0 aliphatic carbocycles. The van der Waals surface area contributed by atoms with E-state index in [1.807, 2.05) is 0 Å². The molecule has 3 heteroatoms. The van der Waals surface area contributed by atoms with E-state index < -0.39 is 0 Å². The zero-order valence-electron chi connectivity index (χ0n) is 29.8. The predicted octanol–water partition coefficient (Wildman–Crippen LogP) is 11.3. The largest absolute Gasteiger partial charge is 0.289 e. The Morgan fingerprint density at radius 1 is 0.574 bits per heavy atom. The molecule has 0 unspecified atom stereocenters. The van der Waals surface area contributed by atoms with Crippen molar-refractivity contribution in [1.29, 1.82) is 0 Å². The van der Waals surface area contributed by atoms with Crippen LogP contribution in [0.4, 0.5) is 4.39 Å². The van der Waals surface area contributed by atoms with Crippen LogP contribution < -0.4 is 0 Å². The Hall–Kier alpha value is -3.53. The average Bonchev–Trinajstić information content (AvgIpc) is 3.01. The third-order valence-electron chi connectivity index (χ3n) is 10.9. The number of halogens is 1. The number of hydrogen-bond acceptors (Lipinski definition) is 2. The molecule has 6 rings (SSSR count). The van der Waals surface area contributed by atoms with Crippen molar-refractivity contribution in [2.75, 3.05) is 0 Å². The first-order valence-corrected chi connectivity index (χ1v) is 17.4. The lowest BCUT2D eigenvalue weighted by molar-refractivity contribution is -0.0437. The molecule has 4 aromatic rings. The smallest absolute Gasteiger partial charge is 0.127 e. The Kier molecular flexibility index (Phi) is 8.87. The van der Waals surface area contributed by atoms with Gasteiger partial charge in [-0.3, -0.25) is 9.80 Å². The molecule has 2 aliphatic rings. The van der Waals surface area contributed by atoms with Gasteiger partial charge < -0.3 is 0 Å². The van der Waals surface area contributed by atoms with Gasteiger partial charge in [-0.15, -0.1) is 0 Å². The molecule has 0 bridgehead atoms. The van der Waals surface area contributed by atoms with Gasteiger partial charge in [0.05, 0.1) is 0 Å². The second-order valence-corrected chi connectivity index (χ2v) is 16.5. The number of hydrogen-bond donors (Lipinski definition) is 0. The third-order valence-corrected chi connectivity index (χ3v) is 10.9. The Labute approximate surface area is 283 Å². The molecule has 0 spiro atoms. The molecule has 2 heterocycles. The lowest BCUT2D eigenvalue weighted by Crippen LogP contribution is -2.59. The standard InChI is InChI=1S/C44H53FN2/c1-41(2)26-37(27-42(3,4)46(41)30-32-15-11-9-12-16-32)35-21-19-34(20-22-35)36-23-24-39(40(45)25-36)38-28-43(5,6)47(44(7,8)29-38)31-33-17-13-10-14-18-33/h9-26,38H,27-31H2,1-8H3. The van der Waals surface area contributed by atoms with Gasteiger partial charge in [-0.1, -0.05) is 103 Å². The lowest BCUT2D eigenvalue weighted by Gasteiger charge is -2.55. The van der Waals surface area contributed by atoms with Gasteiger partial charge in [-0.05, 0) is 126 Å². The van der Waals surface area contributed by atoms with Crippen molar-refractivity contribution in [3.05, 3.63) is 137 Å². The summed E-state index contributed by atoms with van der Waals surface area (Å²) in [5.74, 6) is 0.0894. The monoisotopic (exact) mass is 628 g/mol. The Morgan fingerprint density at radius 3 is 1.57 bits per heavy atom. The van der Waals surface area contributed by atoms with Crippen molar-refractivity contribution < 1.29 is 4.39 Å². The first kappa shape index (κ1) is 33.4. The second kappa shape index (κ2) is 12.5. The molecule has 0 amide bonds. The van der Waals surface area contributed by atoms with Crippen molar-refractivity contribution in [2.24, 2.45) is 0 Å². The molecular formula is C44H53FN2. The van der Waals surface area contributed by atoms with Crippen LogP contribution in [0.15, 0.2) is 109 Å². The van der Waals surface area contributed by atoms with Gasteiger partial charge >= 0.3 is 0 Å². The van der Waals surface area contributed by atoms with Crippen molar-refractivity contribution in [3.63, 3.8) is 0 Å². The molecule has 2 nitrogen and oxygen atoms in total. The van der Waals surface area contributed by atoms with Crippen molar-refractivity contribution >= 4 is 5.57 Å². The topological polar surface area (TPSA) is 6.48 Å². The predicted molar refractivity (Wildman–Crippen MR) is 197 cm³/mol. The van der Waals surface area contributed by atoms with Crippen LogP contribution in [0, 0.1) is 5.82 Å². The molecule has 47 heavy (non-hydrogen) atoms. The van der Waals surface area contributed by atoms with E-state index in [2.05, 4.69) is 168 Å². The zero-order valence-corrected chi connectivity index (χ0v) is 29.8. The van der Waals surface area contributed by atoms with Gasteiger partial charge in [-0.25, -0.2) is 4.39 Å². The molecule has 0 N–H and O–H groups in total. The number of piperidine rings is 1. The van der Waals surface area contributed by atoms with E-state index in [-0.39, 0.29) is 33.9 Å². The first-order valence-electron chi connectivity index (χ1n) is 17.4. The quantitative estimate of drug-likeness (QED) is 0.201. The minimum Gasteiger partial charge on any atom is -0.289 e. The van der Waals surface area contributed by atoms with Crippen LogP contribution in [0.5, 0.6) is 0 Å². The van der Waals surface area contributed by atoms with E-state index in [1.165, 1.54) is 22.3 Å². The van der Waals surface area contributed by atoms with Gasteiger partial charge in [-0.2, -0.15) is 0 Å². The molecule has 1 saturated heterocycles. The fraction of sp³-hybridized carbons (Fsp3) is 0.409. The third kappa shape index (κ3) is 7.03. The fourth-order valence-corrected chi connectivity index (χ4v) is 8.91. The molecule has 4 aromatic carbocycles. The minimum atomic E-state index is -0.0919. The summed E-state index contributed by atoms with van der Waals surface area (Å²) >= 11 is 0. The highest BCUT2D eigenvalue weighted by Gasteiger charge is 2.46. The normalized spacial score (nSPS) is 20.9. The van der Waals surface area contributed by atoms with Gasteiger partial charge in [0.25, 0.3) is 0 Å². The number of rotatable bonds is 7. The lowest BCUT2D eigenvalue weighted by atomic mass is 9.71. The first-order chi connectivity index (χ1) is 22.1. The Morgan fingerprint density at radius 2 is 1.06 bits per heavy atom. The number of nitrogens with zero attached hydrogens (tertiary/aromatic N) is 2. The molecule has 0 atom stereocenters. The summed E-state index contributed by atoms with van der Waals surface area (Å²) in [7, 11) is 0. The van der Waals surface area contributed by atoms with Gasteiger partial charge in [0.2, 0.25) is 0 Å². The van der Waals surface area contributed by atoms with Gasteiger partial charge in [0, 0.05) is 35.2 Å². The Balaban J connectivity index is 1.19. The molecule has 2 aliphatic heterocycles. The van der Waals surface area contributed by atoms with E-state index in [1.54, 1.807) is 6.07 Å². The zero-order chi connectivity index (χ0) is 33.6. The highest BCUT2D eigenvalue weighted by molar-refractivity contribution is 5.72. The molecule has 246 valence electrons. The summed E-state index contributed by atoms with van der Waals surface area (Å²) in [6, 6.07) is 36.2. The summed E-state index contributed by atoms with van der Waals surface area (Å²) in [4.78, 5) is 5.23. The maximum atomic E-state index is 16.0. The van der Waals surface area contributed by atoms with Crippen molar-refractivity contribution in [3.8, 4) is 11.1 Å². The van der Waals surface area contributed by atoms with E-state index in [4.69, 9.17) is 0 Å². The van der Waals surface area contributed by atoms with Crippen LogP contribution in [0.3, 0.4) is 0 Å². The maximum Gasteiger partial charge on any atom is 0.127 e. The van der Waals surface area contributed by atoms with E-state index in [0.717, 1.165) is 49.0 Å². The van der Waals surface area contributed by atoms with Gasteiger partial charge in [0.1, 0.15) is 5.82 Å². The summed E-state index contributed by atoms with van der Waals surface area (Å²) < 4.78 is 16.0. The van der Waals surface area contributed by atoms with Gasteiger partial charge in [0.15, 0.2) is 0 Å². The minimum absolute atomic E-state index is 0.00187. The average molecular weight is 629 g/mol. The van der Waals surface area contributed by atoms with Crippen LogP contribution in [0.1, 0.15) is 103 Å². The van der Waals surface area contributed by atoms with Crippen molar-refractivity contribution in [2.45, 2.75) is 116 Å². The summed E-state index contributed by atoms with van der Waals surface area (Å²) in [6.07, 6.45) is 5.28. The van der Waals surface area contributed by atoms with E-state index in [9.17, 15) is 0 Å². The van der Waals surface area contributed by atoms with E-state index >= 15 is 4.39 Å². The van der Waals surface area contributed by atoms with Crippen LogP contribution >= 0.6 is 0 Å². The van der Waals surface area contributed by atoms with Crippen molar-refractivity contribution in [1.82, 2.24) is 9.80 Å². The maximum absolute atomic E-state index is 16.0. The second-order valence-electron chi connectivity index (χ2n) is 16.5. The molecule has 0 radical (unpaired) electrons. The van der Waals surface area contributed by atoms with Crippen LogP contribution in [0.25, 0.3) is 16.7 Å². The van der Waals surface area contributed by atoms with Crippen LogP contribution in [0.2, 0.25) is 0 Å². The fourth-order valence-electron chi connectivity index (χ4n) is 8.91. The highest BCUT2D eigenvalue weighted by atomic mass is 19.1. The summed E-state index contributed by atoms with van der Waals surface area (Å²) in [5, 5.41) is 0. The van der Waals surface area contributed by atoms with Crippen LogP contribution in [-0.4, -0.2) is 32.0 Å². The Bertz CT molecular complexity index is 1700. The number of benzene rings is 4. The molecule has 0 aromatic heterocycles. The van der Waals surface area contributed by atoms with Crippen LogP contribution in [-0.2, 0) is 13.1 Å². The molecular weight excluding hydrogens is 575 g/mol. The number of likely N-dealkylation sites (tertiary alicyclic amines) is 1. The summed E-state index contributed by atoms with van der Waals surface area (Å²) in [5.41, 5.74) is 7.93.